The van der Waals surface area contributed by atoms with Crippen molar-refractivity contribution in [2.45, 2.75) is 78.1 Å². The Hall–Kier alpha value is -3.35. The molecule has 0 fully saturated rings. The largest absolute Gasteiger partial charge is 0.497 e. The van der Waals surface area contributed by atoms with Crippen LogP contribution in [-0.2, 0) is 4.79 Å². The van der Waals surface area contributed by atoms with E-state index in [1.165, 1.54) is 44.9 Å². The van der Waals surface area contributed by atoms with Gasteiger partial charge in [-0.3, -0.25) is 4.79 Å². The van der Waals surface area contributed by atoms with Crippen molar-refractivity contribution in [1.29, 1.82) is 0 Å². The summed E-state index contributed by atoms with van der Waals surface area (Å²) in [5, 5.41) is 4.05. The normalized spacial score (nSPS) is 10.9. The van der Waals surface area contributed by atoms with Crippen LogP contribution in [0.1, 0.15) is 94.0 Å². The SMILES string of the molecule is CCCCCCCCCCCC(=O)N/N=C/c1ccc(OC(=O)c2ccc(OC)cc2)c(OCC)c1. The molecule has 0 radical (unpaired) electrons. The van der Waals surface area contributed by atoms with Gasteiger partial charge in [0.05, 0.1) is 25.5 Å². The fourth-order valence-electron chi connectivity index (χ4n) is 3.67. The number of carbonyl (C=O) groups excluding carboxylic acids is 2. The number of carbonyl (C=O) groups is 2. The summed E-state index contributed by atoms with van der Waals surface area (Å²) in [4.78, 5) is 24.6. The minimum absolute atomic E-state index is 0.0933. The zero-order chi connectivity index (χ0) is 26.0. The molecule has 2 aromatic carbocycles. The van der Waals surface area contributed by atoms with Gasteiger partial charge in [0.1, 0.15) is 5.75 Å². The number of amides is 1. The maximum atomic E-state index is 12.5. The van der Waals surface area contributed by atoms with E-state index in [1.807, 2.05) is 6.92 Å². The summed E-state index contributed by atoms with van der Waals surface area (Å²) in [7, 11) is 1.57. The van der Waals surface area contributed by atoms with Crippen LogP contribution >= 0.6 is 0 Å². The molecule has 1 N–H and O–H groups in total. The Morgan fingerprint density at radius 2 is 1.53 bits per heavy atom. The number of nitrogens with one attached hydrogen (secondary N) is 1. The lowest BCUT2D eigenvalue weighted by molar-refractivity contribution is -0.121. The van der Waals surface area contributed by atoms with Crippen LogP contribution in [-0.4, -0.2) is 31.8 Å². The molecule has 36 heavy (non-hydrogen) atoms. The molecule has 1 amide bonds. The number of rotatable bonds is 17. The Balaban J connectivity index is 1.79. The van der Waals surface area contributed by atoms with Crippen LogP contribution in [0.4, 0.5) is 0 Å². The van der Waals surface area contributed by atoms with Crippen molar-refractivity contribution >= 4 is 18.1 Å². The molecular formula is C29H40N2O5. The molecule has 0 aromatic heterocycles. The fourth-order valence-corrected chi connectivity index (χ4v) is 3.67. The summed E-state index contributed by atoms with van der Waals surface area (Å²) in [6, 6.07) is 11.8. The van der Waals surface area contributed by atoms with E-state index in [0.717, 1.165) is 12.8 Å². The first kappa shape index (κ1) is 28.9. The zero-order valence-corrected chi connectivity index (χ0v) is 21.9. The molecule has 7 heteroatoms. The average Bonchev–Trinajstić information content (AvgIpc) is 2.89. The van der Waals surface area contributed by atoms with Crippen molar-refractivity contribution in [3.05, 3.63) is 53.6 Å². The maximum absolute atomic E-state index is 12.5. The number of unbranched alkanes of at least 4 members (excludes halogenated alkanes) is 8. The average molecular weight is 497 g/mol. The molecule has 0 unspecified atom stereocenters. The predicted octanol–water partition coefficient (Wildman–Crippen LogP) is 6.68. The van der Waals surface area contributed by atoms with Gasteiger partial charge in [-0.15, -0.1) is 0 Å². The maximum Gasteiger partial charge on any atom is 0.343 e. The van der Waals surface area contributed by atoms with Crippen molar-refractivity contribution in [2.75, 3.05) is 13.7 Å². The lowest BCUT2D eigenvalue weighted by Gasteiger charge is -2.11. The summed E-state index contributed by atoms with van der Waals surface area (Å²) in [6.07, 6.45) is 12.9. The number of hydrazone groups is 1. The molecule has 7 nitrogen and oxygen atoms in total. The molecule has 0 bridgehead atoms. The third-order valence-electron chi connectivity index (χ3n) is 5.71. The minimum Gasteiger partial charge on any atom is -0.497 e. The van der Waals surface area contributed by atoms with Crippen molar-refractivity contribution in [3.63, 3.8) is 0 Å². The molecule has 0 aliphatic heterocycles. The Bertz CT molecular complexity index is 957. The molecule has 2 rings (SSSR count). The number of nitrogens with zero attached hydrogens (tertiary/aromatic N) is 1. The minimum atomic E-state index is -0.497. The Morgan fingerprint density at radius 3 is 2.17 bits per heavy atom. The van der Waals surface area contributed by atoms with Crippen molar-refractivity contribution in [3.8, 4) is 17.2 Å². The molecule has 196 valence electrons. The molecule has 2 aromatic rings. The Labute approximate surface area is 215 Å². The first-order valence-electron chi connectivity index (χ1n) is 13.0. The molecular weight excluding hydrogens is 456 g/mol. The molecule has 0 aliphatic carbocycles. The lowest BCUT2D eigenvalue weighted by atomic mass is 10.1. The fraction of sp³-hybridized carbons (Fsp3) is 0.483. The van der Waals surface area contributed by atoms with Gasteiger partial charge < -0.3 is 14.2 Å². The first-order chi connectivity index (χ1) is 17.6. The Morgan fingerprint density at radius 1 is 0.861 bits per heavy atom. The molecule has 0 heterocycles. The molecule has 0 saturated carbocycles. The van der Waals surface area contributed by atoms with E-state index in [2.05, 4.69) is 17.5 Å². The topological polar surface area (TPSA) is 86.2 Å². The van der Waals surface area contributed by atoms with Gasteiger partial charge in [0.2, 0.25) is 5.91 Å². The molecule has 0 saturated heterocycles. The highest BCUT2D eigenvalue weighted by molar-refractivity contribution is 5.91. The second-order valence-corrected chi connectivity index (χ2v) is 8.63. The highest BCUT2D eigenvalue weighted by Crippen LogP contribution is 2.29. The standard InChI is InChI=1S/C29H40N2O5/c1-4-6-7-8-9-10-11-12-13-14-28(32)31-30-22-23-15-20-26(27(21-23)35-5-2)36-29(33)24-16-18-25(34-3)19-17-24/h15-22H,4-14H2,1-3H3,(H,31,32)/b30-22+. The quantitative estimate of drug-likeness (QED) is 0.0867. The van der Waals surface area contributed by atoms with Gasteiger partial charge in [-0.2, -0.15) is 5.10 Å². The van der Waals surface area contributed by atoms with E-state index < -0.39 is 5.97 Å². The number of benzene rings is 2. The third kappa shape index (κ3) is 10.9. The predicted molar refractivity (Wildman–Crippen MR) is 143 cm³/mol. The summed E-state index contributed by atoms with van der Waals surface area (Å²) in [5.74, 6) is 0.798. The van der Waals surface area contributed by atoms with Crippen LogP contribution in [0.25, 0.3) is 0 Å². The third-order valence-corrected chi connectivity index (χ3v) is 5.71. The Kier molecular flexibility index (Phi) is 13.8. The van der Waals surface area contributed by atoms with Gasteiger partial charge in [0, 0.05) is 6.42 Å². The van der Waals surface area contributed by atoms with Crippen LogP contribution in [0.2, 0.25) is 0 Å². The van der Waals surface area contributed by atoms with Gasteiger partial charge in [-0.25, -0.2) is 10.2 Å². The van der Waals surface area contributed by atoms with Crippen molar-refractivity contribution < 1.29 is 23.8 Å². The van der Waals surface area contributed by atoms with Crippen LogP contribution < -0.4 is 19.6 Å². The zero-order valence-electron chi connectivity index (χ0n) is 21.9. The number of ether oxygens (including phenoxy) is 3. The first-order valence-corrected chi connectivity index (χ1v) is 13.0. The van der Waals surface area contributed by atoms with Crippen LogP contribution in [0, 0.1) is 0 Å². The van der Waals surface area contributed by atoms with Gasteiger partial charge >= 0.3 is 5.97 Å². The van der Waals surface area contributed by atoms with E-state index in [4.69, 9.17) is 14.2 Å². The van der Waals surface area contributed by atoms with Crippen LogP contribution in [0.3, 0.4) is 0 Å². The van der Waals surface area contributed by atoms with Gasteiger partial charge in [-0.1, -0.05) is 58.3 Å². The van der Waals surface area contributed by atoms with Crippen molar-refractivity contribution in [1.82, 2.24) is 5.43 Å². The molecule has 0 atom stereocenters. The van der Waals surface area contributed by atoms with Gasteiger partial charge in [0.15, 0.2) is 11.5 Å². The van der Waals surface area contributed by atoms with Gasteiger partial charge in [-0.05, 0) is 61.4 Å². The molecule has 0 aliphatic rings. The smallest absolute Gasteiger partial charge is 0.343 e. The highest BCUT2D eigenvalue weighted by Gasteiger charge is 2.13. The highest BCUT2D eigenvalue weighted by atomic mass is 16.6. The number of hydrogen-bond acceptors (Lipinski definition) is 6. The second kappa shape index (κ2) is 17.1. The van der Waals surface area contributed by atoms with E-state index in [1.54, 1.807) is 55.8 Å². The summed E-state index contributed by atoms with van der Waals surface area (Å²) < 4.78 is 16.3. The van der Waals surface area contributed by atoms with E-state index in [-0.39, 0.29) is 5.91 Å². The number of esters is 1. The summed E-state index contributed by atoms with van der Waals surface area (Å²) >= 11 is 0. The number of hydrogen-bond donors (Lipinski definition) is 1. The lowest BCUT2D eigenvalue weighted by Crippen LogP contribution is -2.16. The van der Waals surface area contributed by atoms with Crippen LogP contribution in [0.15, 0.2) is 47.6 Å². The summed E-state index contributed by atoms with van der Waals surface area (Å²) in [5.41, 5.74) is 3.70. The summed E-state index contributed by atoms with van der Waals surface area (Å²) in [6.45, 7) is 4.49. The second-order valence-electron chi connectivity index (χ2n) is 8.63. The monoisotopic (exact) mass is 496 g/mol. The van der Waals surface area contributed by atoms with E-state index in [9.17, 15) is 9.59 Å². The van der Waals surface area contributed by atoms with E-state index >= 15 is 0 Å². The van der Waals surface area contributed by atoms with Crippen LogP contribution in [0.5, 0.6) is 17.2 Å². The number of methoxy groups -OCH3 is 1. The van der Waals surface area contributed by atoms with Gasteiger partial charge in [0.25, 0.3) is 0 Å². The van der Waals surface area contributed by atoms with E-state index in [0.29, 0.717) is 41.4 Å². The van der Waals surface area contributed by atoms with Crippen molar-refractivity contribution in [2.24, 2.45) is 5.10 Å². The molecule has 0 spiro atoms.